The Morgan fingerprint density at radius 3 is 1.18 bits per heavy atom. The molecule has 0 amide bonds. The number of benzene rings is 10. The fourth-order valence-electron chi connectivity index (χ4n) is 9.29. The summed E-state index contributed by atoms with van der Waals surface area (Å²) in [5, 5.41) is 10.1. The highest BCUT2D eigenvalue weighted by molar-refractivity contribution is 7.26. The summed E-state index contributed by atoms with van der Waals surface area (Å²) < 4.78 is 2.67. The van der Waals surface area contributed by atoms with Gasteiger partial charge in [-0.15, -0.1) is 11.3 Å². The second kappa shape index (κ2) is 14.6. The van der Waals surface area contributed by atoms with Crippen LogP contribution in [0, 0.1) is 0 Å². The molecule has 61 heavy (non-hydrogen) atoms. The minimum Gasteiger partial charge on any atom is -0.256 e. The third kappa shape index (κ3) is 6.20. The predicted octanol–water partition coefficient (Wildman–Crippen LogP) is 16.9. The van der Waals surface area contributed by atoms with E-state index in [1.165, 1.54) is 108 Å². The van der Waals surface area contributed by atoms with Gasteiger partial charge in [0, 0.05) is 37.3 Å². The zero-order valence-corrected chi connectivity index (χ0v) is 34.0. The van der Waals surface area contributed by atoms with Crippen molar-refractivity contribution < 1.29 is 0 Å². The maximum Gasteiger partial charge on any atom is 0.0708 e. The van der Waals surface area contributed by atoms with Crippen molar-refractivity contribution in [2.24, 2.45) is 0 Å². The van der Waals surface area contributed by atoms with Crippen molar-refractivity contribution >= 4 is 63.8 Å². The zero-order chi connectivity index (χ0) is 40.3. The lowest BCUT2D eigenvalue weighted by Crippen LogP contribution is -1.89. The predicted molar refractivity (Wildman–Crippen MR) is 262 cm³/mol. The monoisotopic (exact) mass is 791 g/mol. The number of aromatic nitrogens is 1. The van der Waals surface area contributed by atoms with Gasteiger partial charge in [-0.05, 0) is 125 Å². The van der Waals surface area contributed by atoms with Crippen molar-refractivity contribution in [1.82, 2.24) is 4.98 Å². The highest BCUT2D eigenvalue weighted by atomic mass is 32.1. The van der Waals surface area contributed by atoms with Gasteiger partial charge in [0.15, 0.2) is 0 Å². The van der Waals surface area contributed by atoms with Crippen molar-refractivity contribution in [2.75, 3.05) is 0 Å². The van der Waals surface area contributed by atoms with Gasteiger partial charge in [-0.1, -0.05) is 176 Å². The molecule has 2 heterocycles. The van der Waals surface area contributed by atoms with E-state index in [-0.39, 0.29) is 0 Å². The molecule has 0 spiro atoms. The molecular weight excluding hydrogens is 755 g/mol. The van der Waals surface area contributed by atoms with Gasteiger partial charge >= 0.3 is 0 Å². The average molecular weight is 792 g/mol. The van der Waals surface area contributed by atoms with Crippen LogP contribution in [0.15, 0.2) is 225 Å². The molecule has 12 rings (SSSR count). The van der Waals surface area contributed by atoms with E-state index in [0.29, 0.717) is 0 Å². The minimum absolute atomic E-state index is 0.973. The number of rotatable bonds is 6. The first kappa shape index (κ1) is 35.3. The van der Waals surface area contributed by atoms with Crippen molar-refractivity contribution in [3.05, 3.63) is 225 Å². The Morgan fingerprint density at radius 1 is 0.262 bits per heavy atom. The third-order valence-electron chi connectivity index (χ3n) is 12.3. The van der Waals surface area contributed by atoms with E-state index in [1.54, 1.807) is 0 Å². The van der Waals surface area contributed by atoms with E-state index >= 15 is 0 Å². The van der Waals surface area contributed by atoms with Gasteiger partial charge in [0.2, 0.25) is 0 Å². The molecule has 0 bridgehead atoms. The molecule has 0 aliphatic carbocycles. The van der Waals surface area contributed by atoms with E-state index in [4.69, 9.17) is 4.98 Å². The Morgan fingerprint density at radius 2 is 0.639 bits per heavy atom. The summed E-state index contributed by atoms with van der Waals surface area (Å²) in [4.78, 5) is 5.03. The Hall–Kier alpha value is -7.65. The first-order valence-electron chi connectivity index (χ1n) is 20.8. The smallest absolute Gasteiger partial charge is 0.0708 e. The number of hydrogen-bond acceptors (Lipinski definition) is 2. The second-order valence-electron chi connectivity index (χ2n) is 15.9. The van der Waals surface area contributed by atoms with Crippen LogP contribution >= 0.6 is 11.3 Å². The van der Waals surface area contributed by atoms with Gasteiger partial charge in [0.25, 0.3) is 0 Å². The minimum atomic E-state index is 0.973. The molecule has 0 N–H and O–H groups in total. The molecule has 0 aliphatic rings. The van der Waals surface area contributed by atoms with Crippen molar-refractivity contribution in [2.45, 2.75) is 0 Å². The van der Waals surface area contributed by atoms with Gasteiger partial charge in [-0.25, -0.2) is 0 Å². The lowest BCUT2D eigenvalue weighted by Gasteiger charge is -2.12. The number of nitrogens with zero attached hydrogens (tertiary/aromatic N) is 1. The van der Waals surface area contributed by atoms with Crippen LogP contribution in [0.4, 0.5) is 0 Å². The molecule has 0 radical (unpaired) electrons. The summed E-state index contributed by atoms with van der Waals surface area (Å²) in [7, 11) is 0. The molecule has 284 valence electrons. The molecule has 0 unspecified atom stereocenters. The van der Waals surface area contributed by atoms with Crippen LogP contribution in [0.5, 0.6) is 0 Å². The number of hydrogen-bond donors (Lipinski definition) is 0. The normalized spacial score (nSPS) is 11.6. The van der Waals surface area contributed by atoms with Gasteiger partial charge in [0.05, 0.1) is 5.69 Å². The van der Waals surface area contributed by atoms with Gasteiger partial charge in [0.1, 0.15) is 0 Å². The fraction of sp³-hybridized carbons (Fsp3) is 0. The molecular formula is C59H37NS. The molecule has 0 saturated carbocycles. The molecule has 2 aromatic heterocycles. The summed E-state index contributed by atoms with van der Waals surface area (Å²) in [5.74, 6) is 0. The summed E-state index contributed by atoms with van der Waals surface area (Å²) in [6.07, 6.45) is 2.06. The van der Waals surface area contributed by atoms with Crippen molar-refractivity contribution in [3.8, 4) is 66.9 Å². The van der Waals surface area contributed by atoms with Crippen molar-refractivity contribution in [1.29, 1.82) is 0 Å². The quantitative estimate of drug-likeness (QED) is 0.153. The highest BCUT2D eigenvalue weighted by Gasteiger charge is 2.14. The Balaban J connectivity index is 0.855. The summed E-state index contributed by atoms with van der Waals surface area (Å²) in [6.45, 7) is 0. The van der Waals surface area contributed by atoms with Gasteiger partial charge in [-0.3, -0.25) is 4.98 Å². The molecule has 12 aromatic rings. The maximum absolute atomic E-state index is 5.03. The van der Waals surface area contributed by atoms with Crippen molar-refractivity contribution in [3.63, 3.8) is 0 Å². The van der Waals surface area contributed by atoms with Gasteiger partial charge in [-0.2, -0.15) is 0 Å². The van der Waals surface area contributed by atoms with E-state index in [2.05, 4.69) is 225 Å². The van der Waals surface area contributed by atoms with Crippen LogP contribution in [0.3, 0.4) is 0 Å². The van der Waals surface area contributed by atoms with Crippen LogP contribution in [0.2, 0.25) is 0 Å². The topological polar surface area (TPSA) is 12.9 Å². The fourth-order valence-corrected chi connectivity index (χ4v) is 10.5. The molecule has 0 fully saturated rings. The second-order valence-corrected chi connectivity index (χ2v) is 16.9. The molecule has 0 aliphatic heterocycles. The largest absolute Gasteiger partial charge is 0.256 e. The van der Waals surface area contributed by atoms with E-state index < -0.39 is 0 Å². The Labute approximate surface area is 358 Å². The van der Waals surface area contributed by atoms with Crippen LogP contribution < -0.4 is 0 Å². The third-order valence-corrected chi connectivity index (χ3v) is 13.5. The Kier molecular flexibility index (Phi) is 8.43. The van der Waals surface area contributed by atoms with Crippen LogP contribution in [0.25, 0.3) is 119 Å². The highest BCUT2D eigenvalue weighted by Crippen LogP contribution is 2.41. The molecule has 2 heteroatoms. The summed E-state index contributed by atoms with van der Waals surface area (Å²) in [5.41, 5.74) is 14.1. The van der Waals surface area contributed by atoms with Crippen LogP contribution in [-0.4, -0.2) is 4.98 Å². The maximum atomic E-state index is 5.03. The van der Waals surface area contributed by atoms with E-state index in [1.807, 2.05) is 11.3 Å². The van der Waals surface area contributed by atoms with E-state index in [9.17, 15) is 0 Å². The number of pyridine rings is 1. The number of thiophene rings is 1. The lowest BCUT2D eigenvalue weighted by molar-refractivity contribution is 1.36. The lowest BCUT2D eigenvalue weighted by atomic mass is 9.93. The molecule has 0 atom stereocenters. The molecule has 0 saturated heterocycles. The SMILES string of the molecule is c1cc(-c2cccc(-c3cccc(-c4cc5c6ccccc6c6ccccc6c5cn4)c3)c2)cc(-c2cccc(-c3cccc(-c4cccc5c4sc4ccccc45)c3)c2)c1. The Bertz CT molecular complexity index is 3630. The van der Waals surface area contributed by atoms with Crippen LogP contribution in [0.1, 0.15) is 0 Å². The van der Waals surface area contributed by atoms with Gasteiger partial charge < -0.3 is 0 Å². The first-order chi connectivity index (χ1) is 30.2. The van der Waals surface area contributed by atoms with Crippen LogP contribution in [-0.2, 0) is 0 Å². The zero-order valence-electron chi connectivity index (χ0n) is 33.2. The molecule has 1 nitrogen and oxygen atoms in total. The summed E-state index contributed by atoms with van der Waals surface area (Å²) >= 11 is 1.88. The number of fused-ring (bicyclic) bond motifs is 9. The first-order valence-corrected chi connectivity index (χ1v) is 21.7. The molecule has 10 aromatic carbocycles. The average Bonchev–Trinajstić information content (AvgIpc) is 3.73. The van der Waals surface area contributed by atoms with E-state index in [0.717, 1.165) is 11.3 Å². The summed E-state index contributed by atoms with van der Waals surface area (Å²) in [6, 6.07) is 79.6. The standard InChI is InChI=1S/C59H37NS/c1-3-25-51-49(23-1)50-24-2-4-26-52(50)56-37-60-57(36-55(51)56)47-22-11-20-45(35-47)43-18-9-16-41(33-43)39-14-7-13-38(31-39)40-15-8-17-42(32-40)44-19-10-21-46(34-44)48-28-12-29-54-53-27-5-6-30-58(53)61-59(48)54/h1-37H.